The van der Waals surface area contributed by atoms with E-state index in [1.54, 1.807) is 54.6 Å². The third-order valence-corrected chi connectivity index (χ3v) is 5.00. The lowest BCUT2D eigenvalue weighted by molar-refractivity contribution is -0.134. The van der Waals surface area contributed by atoms with E-state index in [1.807, 2.05) is 6.07 Å². The Morgan fingerprint density at radius 2 is 1.97 bits per heavy atom. The number of aliphatic carboxylic acids is 1. The minimum atomic E-state index is -0.833. The number of benzene rings is 2. The number of nitrogen functional groups attached to an aromatic ring is 1. The van der Waals surface area contributed by atoms with Gasteiger partial charge >= 0.3 is 5.69 Å². The molecule has 2 aromatic heterocycles. The third kappa shape index (κ3) is 7.40. The van der Waals surface area contributed by atoms with Crippen LogP contribution in [0, 0.1) is 16.7 Å². The molecule has 0 saturated carbocycles. The van der Waals surface area contributed by atoms with Gasteiger partial charge in [-0.1, -0.05) is 6.07 Å². The zero-order valence-corrected chi connectivity index (χ0v) is 21.0. The van der Waals surface area contributed by atoms with E-state index in [-0.39, 0.29) is 18.3 Å². The molecule has 2 heterocycles. The van der Waals surface area contributed by atoms with E-state index < -0.39 is 17.7 Å². The number of rotatable bonds is 9. The van der Waals surface area contributed by atoms with Gasteiger partial charge in [0.1, 0.15) is 17.9 Å². The number of aromatic amines is 1. The normalized spacial score (nSPS) is 10.8. The van der Waals surface area contributed by atoms with Crippen molar-refractivity contribution in [2.45, 2.75) is 13.0 Å². The predicted octanol–water partition coefficient (Wildman–Crippen LogP) is 1.84. The zero-order chi connectivity index (χ0) is 28.4. The van der Waals surface area contributed by atoms with Crippen LogP contribution < -0.4 is 26.2 Å². The number of hydrogen-bond acceptors (Lipinski definition) is 10. The highest BCUT2D eigenvalue weighted by atomic mass is 16.5. The summed E-state index contributed by atoms with van der Waals surface area (Å²) in [6.07, 6.45) is 1.50. The summed E-state index contributed by atoms with van der Waals surface area (Å²) in [7, 11) is 1.49. The molecule has 200 valence electrons. The Hall–Kier alpha value is -5.71. The van der Waals surface area contributed by atoms with E-state index in [2.05, 4.69) is 25.6 Å². The number of ether oxygens (including phenoxy) is 2. The number of carboxylic acids is 1. The summed E-state index contributed by atoms with van der Waals surface area (Å²) in [4.78, 5) is 24.5. The molecule has 0 fully saturated rings. The minimum Gasteiger partial charge on any atom is -0.493 e. The molecule has 0 aliphatic heterocycles. The maximum absolute atomic E-state index is 12.7. The van der Waals surface area contributed by atoms with Crippen molar-refractivity contribution >= 4 is 17.5 Å². The van der Waals surface area contributed by atoms with Gasteiger partial charge in [0.2, 0.25) is 0 Å². The molecule has 39 heavy (non-hydrogen) atoms. The van der Waals surface area contributed by atoms with E-state index in [0.717, 1.165) is 11.6 Å². The van der Waals surface area contributed by atoms with Gasteiger partial charge in [0, 0.05) is 24.4 Å². The van der Waals surface area contributed by atoms with Gasteiger partial charge in [0.25, 0.3) is 5.97 Å². The van der Waals surface area contributed by atoms with Gasteiger partial charge in [-0.2, -0.15) is 15.0 Å². The van der Waals surface area contributed by atoms with Crippen LogP contribution >= 0.6 is 0 Å². The van der Waals surface area contributed by atoms with Gasteiger partial charge < -0.3 is 25.6 Å². The highest BCUT2D eigenvalue weighted by Crippen LogP contribution is 2.33. The second kappa shape index (κ2) is 13.0. The highest BCUT2D eigenvalue weighted by Gasteiger charge is 2.22. The number of aromatic nitrogens is 5. The molecule has 14 nitrogen and oxygen atoms in total. The molecule has 0 spiro atoms. The first-order valence-electron chi connectivity index (χ1n) is 11.3. The first kappa shape index (κ1) is 27.9. The monoisotopic (exact) mass is 531 g/mol. The molecule has 14 heteroatoms. The molecule has 6 N–H and O–H groups in total. The standard InChI is InChI=1S/C23H21N9O3.C2H4O2/c1-34-18-13-15(6-9-17(18)35-12-10-24)20(28-16-7-4-14(5-8-16)21(25)26)22-29-23(33)32(31-22)19-3-2-11-27-30-19;1-2(3)4/h2-9,11,13,20,28H,12H2,1H3,(H3,25,26)(H,29,31,33);1H3,(H,3,4)/t20-;/m0./s1. The Morgan fingerprint density at radius 1 is 1.26 bits per heavy atom. The summed E-state index contributed by atoms with van der Waals surface area (Å²) in [6, 6.07) is 16.7. The molecule has 2 aromatic carbocycles. The van der Waals surface area contributed by atoms with Gasteiger partial charge in [-0.15, -0.1) is 10.2 Å². The van der Waals surface area contributed by atoms with Gasteiger partial charge in [-0.05, 0) is 54.1 Å². The van der Waals surface area contributed by atoms with Crippen molar-refractivity contribution in [3.8, 4) is 23.4 Å². The molecule has 0 amide bonds. The molecule has 0 saturated heterocycles. The minimum absolute atomic E-state index is 0.0437. The maximum Gasteiger partial charge on any atom is 0.349 e. The number of anilines is 1. The Morgan fingerprint density at radius 3 is 2.56 bits per heavy atom. The fourth-order valence-electron chi connectivity index (χ4n) is 3.35. The van der Waals surface area contributed by atoms with E-state index >= 15 is 0 Å². The van der Waals surface area contributed by atoms with Crippen LogP contribution in [0.5, 0.6) is 11.5 Å². The fourth-order valence-corrected chi connectivity index (χ4v) is 3.35. The van der Waals surface area contributed by atoms with Gasteiger partial charge in [0.05, 0.1) is 7.11 Å². The summed E-state index contributed by atoms with van der Waals surface area (Å²) < 4.78 is 12.0. The molecule has 4 rings (SSSR count). The van der Waals surface area contributed by atoms with Crippen molar-refractivity contribution in [3.63, 3.8) is 0 Å². The first-order chi connectivity index (χ1) is 18.7. The van der Waals surface area contributed by atoms with Gasteiger partial charge in [-0.25, -0.2) is 4.79 Å². The van der Waals surface area contributed by atoms with Crippen LogP contribution in [-0.2, 0) is 4.79 Å². The van der Waals surface area contributed by atoms with E-state index in [1.165, 1.54) is 13.3 Å². The number of H-pyrrole nitrogens is 1. The van der Waals surface area contributed by atoms with Crippen molar-refractivity contribution in [2.75, 3.05) is 19.0 Å². The molecule has 1 atom stereocenters. The Kier molecular flexibility index (Phi) is 9.30. The van der Waals surface area contributed by atoms with Crippen LogP contribution in [0.1, 0.15) is 29.9 Å². The van der Waals surface area contributed by atoms with Crippen molar-refractivity contribution < 1.29 is 19.4 Å². The summed E-state index contributed by atoms with van der Waals surface area (Å²) >= 11 is 0. The molecule has 0 radical (unpaired) electrons. The van der Waals surface area contributed by atoms with E-state index in [9.17, 15) is 4.79 Å². The molecular weight excluding hydrogens is 506 g/mol. The van der Waals surface area contributed by atoms with Crippen molar-refractivity contribution in [1.29, 1.82) is 10.7 Å². The van der Waals surface area contributed by atoms with Gasteiger partial charge in [-0.3, -0.25) is 15.2 Å². The summed E-state index contributed by atoms with van der Waals surface area (Å²) in [6.45, 7) is 0.954. The van der Waals surface area contributed by atoms with Crippen LogP contribution in [0.3, 0.4) is 0 Å². The predicted molar refractivity (Wildman–Crippen MR) is 140 cm³/mol. The largest absolute Gasteiger partial charge is 0.493 e. The Balaban J connectivity index is 0.000000983. The Labute approximate surface area is 222 Å². The lowest BCUT2D eigenvalue weighted by Crippen LogP contribution is -2.17. The number of nitrogens with zero attached hydrogens (tertiary/aromatic N) is 5. The smallest absolute Gasteiger partial charge is 0.349 e. The highest BCUT2D eigenvalue weighted by molar-refractivity contribution is 5.95. The number of methoxy groups -OCH3 is 1. The van der Waals surface area contributed by atoms with E-state index in [4.69, 9.17) is 35.8 Å². The number of nitrogens with two attached hydrogens (primary N) is 1. The van der Waals surface area contributed by atoms with Crippen LogP contribution in [0.4, 0.5) is 5.69 Å². The maximum atomic E-state index is 12.7. The third-order valence-electron chi connectivity index (χ3n) is 5.00. The number of nitrogens with one attached hydrogen (secondary N) is 3. The molecule has 0 bridgehead atoms. The van der Waals surface area contributed by atoms with E-state index in [0.29, 0.717) is 34.1 Å². The van der Waals surface area contributed by atoms with Crippen LogP contribution in [-0.4, -0.2) is 55.6 Å². The number of amidine groups is 1. The molecule has 0 aliphatic carbocycles. The lowest BCUT2D eigenvalue weighted by atomic mass is 10.0. The Bertz CT molecular complexity index is 1520. The summed E-state index contributed by atoms with van der Waals surface area (Å²) in [5.41, 5.74) is 7.04. The first-order valence-corrected chi connectivity index (χ1v) is 11.3. The average molecular weight is 532 g/mol. The number of carbonyl (C=O) groups is 1. The van der Waals surface area contributed by atoms with Crippen molar-refractivity contribution in [1.82, 2.24) is 25.0 Å². The second-order valence-corrected chi connectivity index (χ2v) is 7.75. The molecular formula is C25H25N9O5. The van der Waals surface area contributed by atoms with Crippen molar-refractivity contribution in [3.05, 3.63) is 88.2 Å². The van der Waals surface area contributed by atoms with Crippen LogP contribution in [0.2, 0.25) is 0 Å². The number of hydrogen-bond donors (Lipinski definition) is 5. The number of nitriles is 1. The number of carboxylic acid groups (broad SMARTS) is 1. The topological polar surface area (TPSA) is 218 Å². The molecule has 0 aliphatic rings. The summed E-state index contributed by atoms with van der Waals surface area (Å²) in [5.74, 6) is 0.511. The molecule has 0 unspecified atom stereocenters. The van der Waals surface area contributed by atoms with Crippen LogP contribution in [0.15, 0.2) is 65.6 Å². The second-order valence-electron chi connectivity index (χ2n) is 7.75. The SMILES string of the molecule is CC(=O)O.COc1cc([C@H](Nc2ccc(C(=N)N)cc2)c2nn(-c3cccnn3)c(=O)[nH]2)ccc1OCC#N. The molecule has 4 aromatic rings. The lowest BCUT2D eigenvalue weighted by Gasteiger charge is -2.20. The fraction of sp³-hybridized carbons (Fsp3) is 0.160. The van der Waals surface area contributed by atoms with Crippen molar-refractivity contribution in [2.24, 2.45) is 5.73 Å². The van der Waals surface area contributed by atoms with Crippen LogP contribution in [0.25, 0.3) is 5.82 Å². The quantitative estimate of drug-likeness (QED) is 0.155. The zero-order valence-electron chi connectivity index (χ0n) is 21.0. The van der Waals surface area contributed by atoms with Gasteiger partial charge in [0.15, 0.2) is 29.7 Å². The average Bonchev–Trinajstić information content (AvgIpc) is 3.32. The summed E-state index contributed by atoms with van der Waals surface area (Å²) in [5, 5.41) is 39.4.